The van der Waals surface area contributed by atoms with Crippen molar-refractivity contribution in [2.24, 2.45) is 0 Å². The largest absolute Gasteiger partial charge is 0.497 e. The van der Waals surface area contributed by atoms with Gasteiger partial charge in [0.1, 0.15) is 5.75 Å². The van der Waals surface area contributed by atoms with Crippen LogP contribution in [0.25, 0.3) is 5.69 Å². The van der Waals surface area contributed by atoms with Crippen LogP contribution in [0.4, 0.5) is 5.69 Å². The third-order valence-electron chi connectivity index (χ3n) is 6.68. The maximum absolute atomic E-state index is 5.94. The van der Waals surface area contributed by atoms with E-state index in [1.165, 1.54) is 22.4 Å². The molecule has 3 heterocycles. The SMILES string of the molecule is COc1cccc(-n2c(C)cc([C@H]3[C@@H](c4ccccn4)NC(=S)N3c3cc(C)cc(C)c3)c2C)c1. The molecule has 1 N–H and O–H groups in total. The predicted molar refractivity (Wildman–Crippen MR) is 146 cm³/mol. The number of pyridine rings is 1. The Morgan fingerprint density at radius 3 is 2.34 bits per heavy atom. The number of nitrogens with one attached hydrogen (secondary N) is 1. The van der Waals surface area contributed by atoms with E-state index in [1.54, 1.807) is 7.11 Å². The van der Waals surface area contributed by atoms with Crippen molar-refractivity contribution in [2.45, 2.75) is 39.8 Å². The van der Waals surface area contributed by atoms with E-state index in [9.17, 15) is 0 Å². The fraction of sp³-hybridized carbons (Fsp3) is 0.241. The zero-order valence-corrected chi connectivity index (χ0v) is 21.6. The predicted octanol–water partition coefficient (Wildman–Crippen LogP) is 6.29. The standard InChI is InChI=1S/C29H30N4OS/c1-18-13-19(2)15-23(14-18)33-28(27(31-29(33)35)26-11-6-7-12-30-26)25-16-20(3)32(21(25)4)22-9-8-10-24(17-22)34-5/h6-17,27-28H,1-5H3,(H,31,35)/t27-,28+/m1/s1. The molecule has 1 fully saturated rings. The highest BCUT2D eigenvalue weighted by molar-refractivity contribution is 7.80. The number of methoxy groups -OCH3 is 1. The van der Waals surface area contributed by atoms with Gasteiger partial charge < -0.3 is 19.5 Å². The molecule has 35 heavy (non-hydrogen) atoms. The molecule has 1 aliphatic heterocycles. The second-order valence-electron chi connectivity index (χ2n) is 9.21. The van der Waals surface area contributed by atoms with Crippen LogP contribution in [0, 0.1) is 27.7 Å². The van der Waals surface area contributed by atoms with E-state index >= 15 is 0 Å². The van der Waals surface area contributed by atoms with Crippen molar-refractivity contribution in [1.29, 1.82) is 0 Å². The summed E-state index contributed by atoms with van der Waals surface area (Å²) >= 11 is 5.94. The van der Waals surface area contributed by atoms with Crippen molar-refractivity contribution < 1.29 is 4.74 Å². The first-order valence-corrected chi connectivity index (χ1v) is 12.2. The summed E-state index contributed by atoms with van der Waals surface area (Å²) in [5, 5.41) is 4.30. The Balaban J connectivity index is 1.69. The van der Waals surface area contributed by atoms with Gasteiger partial charge in [0, 0.05) is 35.0 Å². The van der Waals surface area contributed by atoms with Crippen molar-refractivity contribution in [2.75, 3.05) is 12.0 Å². The van der Waals surface area contributed by atoms with E-state index in [-0.39, 0.29) is 12.1 Å². The summed E-state index contributed by atoms with van der Waals surface area (Å²) < 4.78 is 7.78. The maximum atomic E-state index is 5.94. The van der Waals surface area contributed by atoms with Gasteiger partial charge in [0.15, 0.2) is 5.11 Å². The van der Waals surface area contributed by atoms with Crippen molar-refractivity contribution in [3.8, 4) is 11.4 Å². The van der Waals surface area contributed by atoms with Gasteiger partial charge in [0.2, 0.25) is 0 Å². The first-order chi connectivity index (χ1) is 16.9. The van der Waals surface area contributed by atoms with E-state index in [1.807, 2.05) is 30.5 Å². The lowest BCUT2D eigenvalue weighted by atomic mass is 9.96. The average molecular weight is 483 g/mol. The lowest BCUT2D eigenvalue weighted by Crippen LogP contribution is -2.29. The number of anilines is 1. The second-order valence-corrected chi connectivity index (χ2v) is 9.59. The number of aromatic nitrogens is 2. The number of rotatable bonds is 5. The summed E-state index contributed by atoms with van der Waals surface area (Å²) in [6, 6.07) is 23.0. The summed E-state index contributed by atoms with van der Waals surface area (Å²) in [7, 11) is 1.70. The molecule has 0 unspecified atom stereocenters. The summed E-state index contributed by atoms with van der Waals surface area (Å²) in [5.74, 6) is 0.837. The molecule has 0 spiro atoms. The molecule has 2 atom stereocenters. The molecule has 2 aromatic heterocycles. The minimum Gasteiger partial charge on any atom is -0.497 e. The van der Waals surface area contributed by atoms with Crippen molar-refractivity contribution in [3.05, 3.63) is 107 Å². The number of hydrogen-bond donors (Lipinski definition) is 1. The van der Waals surface area contributed by atoms with Gasteiger partial charge in [0.05, 0.1) is 24.9 Å². The van der Waals surface area contributed by atoms with Crippen LogP contribution < -0.4 is 15.0 Å². The molecule has 6 heteroatoms. The summed E-state index contributed by atoms with van der Waals surface area (Å²) in [5.41, 5.74) is 9.10. The van der Waals surface area contributed by atoms with Crippen LogP contribution in [0.3, 0.4) is 0 Å². The number of ether oxygens (including phenoxy) is 1. The van der Waals surface area contributed by atoms with Crippen molar-refractivity contribution in [1.82, 2.24) is 14.9 Å². The van der Waals surface area contributed by atoms with E-state index in [4.69, 9.17) is 21.9 Å². The lowest BCUT2D eigenvalue weighted by molar-refractivity contribution is 0.414. The quantitative estimate of drug-likeness (QED) is 0.339. The van der Waals surface area contributed by atoms with E-state index in [0.717, 1.165) is 28.5 Å². The average Bonchev–Trinajstić information content (AvgIpc) is 3.34. The number of hydrogen-bond acceptors (Lipinski definition) is 3. The van der Waals surface area contributed by atoms with Gasteiger partial charge in [-0.15, -0.1) is 0 Å². The Hall–Kier alpha value is -3.64. The summed E-state index contributed by atoms with van der Waals surface area (Å²) in [4.78, 5) is 6.96. The highest BCUT2D eigenvalue weighted by Gasteiger charge is 2.42. The van der Waals surface area contributed by atoms with Gasteiger partial charge in [0.25, 0.3) is 0 Å². The third kappa shape index (κ3) is 4.19. The number of benzene rings is 2. The fourth-order valence-electron chi connectivity index (χ4n) is 5.27. The summed E-state index contributed by atoms with van der Waals surface area (Å²) in [6.07, 6.45) is 1.84. The van der Waals surface area contributed by atoms with Gasteiger partial charge in [-0.2, -0.15) is 0 Å². The Morgan fingerprint density at radius 1 is 0.886 bits per heavy atom. The number of aryl methyl sites for hydroxylation is 3. The zero-order chi connectivity index (χ0) is 24.7. The molecule has 5 rings (SSSR count). The fourth-order valence-corrected chi connectivity index (χ4v) is 5.62. The van der Waals surface area contributed by atoms with Crippen LogP contribution in [-0.2, 0) is 0 Å². The zero-order valence-electron chi connectivity index (χ0n) is 20.7. The Labute approximate surface area is 212 Å². The van der Waals surface area contributed by atoms with Gasteiger partial charge in [-0.3, -0.25) is 4.98 Å². The molecule has 4 aromatic rings. The first kappa shape index (κ1) is 23.1. The maximum Gasteiger partial charge on any atom is 0.174 e. The van der Waals surface area contributed by atoms with Crippen LogP contribution in [0.15, 0.2) is 72.9 Å². The van der Waals surface area contributed by atoms with Gasteiger partial charge in [-0.05, 0) is 99.1 Å². The Kier molecular flexibility index (Phi) is 6.07. The highest BCUT2D eigenvalue weighted by atomic mass is 32.1. The molecule has 1 aliphatic rings. The third-order valence-corrected chi connectivity index (χ3v) is 7.00. The van der Waals surface area contributed by atoms with Crippen LogP contribution in [-0.4, -0.2) is 21.8 Å². The number of nitrogens with zero attached hydrogens (tertiary/aromatic N) is 3. The minimum atomic E-state index is -0.0798. The monoisotopic (exact) mass is 482 g/mol. The van der Waals surface area contributed by atoms with E-state index < -0.39 is 0 Å². The first-order valence-electron chi connectivity index (χ1n) is 11.8. The molecule has 0 aliphatic carbocycles. The molecule has 2 aromatic carbocycles. The van der Waals surface area contributed by atoms with Crippen LogP contribution in [0.2, 0.25) is 0 Å². The molecule has 0 saturated carbocycles. The topological polar surface area (TPSA) is 42.3 Å². The highest BCUT2D eigenvalue weighted by Crippen LogP contribution is 2.44. The molecule has 0 radical (unpaired) electrons. The molecule has 178 valence electrons. The lowest BCUT2D eigenvalue weighted by Gasteiger charge is -2.29. The molecule has 0 amide bonds. The van der Waals surface area contributed by atoms with E-state index in [2.05, 4.69) is 84.9 Å². The van der Waals surface area contributed by atoms with Crippen molar-refractivity contribution in [3.63, 3.8) is 0 Å². The number of thiocarbonyl (C=S) groups is 1. The smallest absolute Gasteiger partial charge is 0.174 e. The molecule has 1 saturated heterocycles. The normalized spacial score (nSPS) is 17.5. The van der Waals surface area contributed by atoms with Crippen molar-refractivity contribution >= 4 is 23.0 Å². The van der Waals surface area contributed by atoms with Gasteiger partial charge in [-0.1, -0.05) is 18.2 Å². The van der Waals surface area contributed by atoms with Crippen LogP contribution in [0.1, 0.15) is 45.9 Å². The van der Waals surface area contributed by atoms with Gasteiger partial charge >= 0.3 is 0 Å². The van der Waals surface area contributed by atoms with Gasteiger partial charge in [-0.25, -0.2) is 0 Å². The van der Waals surface area contributed by atoms with E-state index in [0.29, 0.717) is 5.11 Å². The minimum absolute atomic E-state index is 0.0517. The Bertz CT molecular complexity index is 1380. The van der Waals surface area contributed by atoms with Crippen LogP contribution >= 0.6 is 12.2 Å². The summed E-state index contributed by atoms with van der Waals surface area (Å²) in [6.45, 7) is 8.58. The molecule has 0 bridgehead atoms. The van der Waals surface area contributed by atoms with Crippen LogP contribution in [0.5, 0.6) is 5.75 Å². The molecular formula is C29H30N4OS. The second kappa shape index (κ2) is 9.19. The molecule has 5 nitrogen and oxygen atoms in total. The Morgan fingerprint density at radius 2 is 1.66 bits per heavy atom. The molecular weight excluding hydrogens is 452 g/mol.